The average Bonchev–Trinajstić information content (AvgIpc) is 2.66. The Bertz CT molecular complexity index is 781. The Morgan fingerprint density at radius 3 is 1.61 bits per heavy atom. The van der Waals surface area contributed by atoms with Crippen molar-refractivity contribution in [3.8, 4) is 11.5 Å². The SMILES string of the molecule is CCC(C)c1cc(C(C)(CC(=O)O)c2ccc(O)c(C(C)CC)c2)ccc1O. The molecule has 2 rings (SSSR count). The van der Waals surface area contributed by atoms with Crippen molar-refractivity contribution in [2.45, 2.75) is 71.1 Å². The van der Waals surface area contributed by atoms with Crippen LogP contribution in [0, 0.1) is 0 Å². The highest BCUT2D eigenvalue weighted by Gasteiger charge is 2.33. The van der Waals surface area contributed by atoms with Crippen LogP contribution < -0.4 is 0 Å². The smallest absolute Gasteiger partial charge is 0.304 e. The van der Waals surface area contributed by atoms with Crippen LogP contribution in [0.3, 0.4) is 0 Å². The molecule has 0 amide bonds. The summed E-state index contributed by atoms with van der Waals surface area (Å²) in [5, 5.41) is 30.2. The summed E-state index contributed by atoms with van der Waals surface area (Å²) in [7, 11) is 0. The molecule has 3 N–H and O–H groups in total. The minimum atomic E-state index is -0.890. The molecule has 2 aromatic rings. The number of hydrogen-bond donors (Lipinski definition) is 3. The zero-order valence-corrected chi connectivity index (χ0v) is 17.5. The monoisotopic (exact) mass is 384 g/mol. The van der Waals surface area contributed by atoms with E-state index in [1.54, 1.807) is 24.3 Å². The molecule has 0 saturated heterocycles. The quantitative estimate of drug-likeness (QED) is 0.529. The van der Waals surface area contributed by atoms with Gasteiger partial charge >= 0.3 is 5.97 Å². The van der Waals surface area contributed by atoms with Gasteiger partial charge in [-0.05, 0) is 59.1 Å². The fraction of sp³-hybridized carbons (Fsp3) is 0.458. The van der Waals surface area contributed by atoms with Crippen LogP contribution in [0.5, 0.6) is 11.5 Å². The summed E-state index contributed by atoms with van der Waals surface area (Å²) in [4.78, 5) is 11.7. The number of carboxylic acids is 1. The average molecular weight is 385 g/mol. The van der Waals surface area contributed by atoms with Crippen molar-refractivity contribution in [2.24, 2.45) is 0 Å². The number of hydrogen-bond acceptors (Lipinski definition) is 3. The number of carboxylic acid groups (broad SMARTS) is 1. The molecule has 28 heavy (non-hydrogen) atoms. The Morgan fingerprint density at radius 2 is 1.29 bits per heavy atom. The van der Waals surface area contributed by atoms with Gasteiger partial charge in [-0.2, -0.15) is 0 Å². The van der Waals surface area contributed by atoms with Crippen molar-refractivity contribution in [2.75, 3.05) is 0 Å². The predicted octanol–water partition coefficient (Wildman–Crippen LogP) is 5.91. The molecule has 0 spiro atoms. The molecule has 0 aliphatic rings. The van der Waals surface area contributed by atoms with Crippen molar-refractivity contribution >= 4 is 5.97 Å². The minimum absolute atomic E-state index is 0.0809. The van der Waals surface area contributed by atoms with Gasteiger partial charge in [-0.3, -0.25) is 4.79 Å². The van der Waals surface area contributed by atoms with Crippen molar-refractivity contribution < 1.29 is 20.1 Å². The number of aromatic hydroxyl groups is 2. The number of phenols is 2. The van der Waals surface area contributed by atoms with Gasteiger partial charge in [-0.1, -0.05) is 58.9 Å². The van der Waals surface area contributed by atoms with E-state index < -0.39 is 11.4 Å². The summed E-state index contributed by atoms with van der Waals surface area (Å²) >= 11 is 0. The number of phenolic OH excluding ortho intramolecular Hbond substituents is 2. The molecule has 0 aliphatic heterocycles. The second-order valence-electron chi connectivity index (χ2n) is 8.07. The Morgan fingerprint density at radius 1 is 0.893 bits per heavy atom. The molecule has 2 atom stereocenters. The van der Waals surface area contributed by atoms with Crippen molar-refractivity contribution in [1.29, 1.82) is 0 Å². The molecule has 0 aromatic heterocycles. The molecule has 0 aliphatic carbocycles. The largest absolute Gasteiger partial charge is 0.508 e. The summed E-state index contributed by atoms with van der Waals surface area (Å²) in [5.74, 6) is -0.0728. The van der Waals surface area contributed by atoms with Crippen LogP contribution >= 0.6 is 0 Å². The fourth-order valence-electron chi connectivity index (χ4n) is 3.70. The van der Waals surface area contributed by atoms with E-state index in [-0.39, 0.29) is 29.8 Å². The zero-order chi connectivity index (χ0) is 21.1. The van der Waals surface area contributed by atoms with E-state index in [0.717, 1.165) is 35.1 Å². The van der Waals surface area contributed by atoms with Crippen molar-refractivity contribution in [3.63, 3.8) is 0 Å². The zero-order valence-electron chi connectivity index (χ0n) is 17.5. The highest BCUT2D eigenvalue weighted by molar-refractivity contribution is 5.71. The van der Waals surface area contributed by atoms with E-state index in [1.807, 2.05) is 19.1 Å². The summed E-state index contributed by atoms with van der Waals surface area (Å²) < 4.78 is 0. The molecule has 0 radical (unpaired) electrons. The van der Waals surface area contributed by atoms with E-state index in [4.69, 9.17) is 0 Å². The first-order valence-corrected chi connectivity index (χ1v) is 10.0. The maximum Gasteiger partial charge on any atom is 0.304 e. The van der Waals surface area contributed by atoms with Crippen molar-refractivity contribution in [1.82, 2.24) is 0 Å². The molecule has 4 nitrogen and oxygen atoms in total. The van der Waals surface area contributed by atoms with E-state index >= 15 is 0 Å². The van der Waals surface area contributed by atoms with Gasteiger partial charge in [0, 0.05) is 5.41 Å². The lowest BCUT2D eigenvalue weighted by molar-refractivity contribution is -0.138. The Hall–Kier alpha value is -2.49. The van der Waals surface area contributed by atoms with Crippen LogP contribution in [0.15, 0.2) is 36.4 Å². The van der Waals surface area contributed by atoms with Gasteiger partial charge in [0.05, 0.1) is 6.42 Å². The maximum absolute atomic E-state index is 11.7. The van der Waals surface area contributed by atoms with E-state index in [0.29, 0.717) is 0 Å². The molecule has 2 aromatic carbocycles. The summed E-state index contributed by atoms with van der Waals surface area (Å²) in [6, 6.07) is 10.8. The molecule has 0 saturated carbocycles. The number of rotatable bonds is 8. The van der Waals surface area contributed by atoms with Crippen LogP contribution in [0.4, 0.5) is 0 Å². The lowest BCUT2D eigenvalue weighted by Gasteiger charge is -2.31. The molecule has 0 bridgehead atoms. The van der Waals surface area contributed by atoms with Crippen molar-refractivity contribution in [3.05, 3.63) is 58.7 Å². The number of carbonyl (C=O) groups is 1. The first-order chi connectivity index (χ1) is 13.1. The van der Waals surface area contributed by atoms with Gasteiger partial charge in [0.15, 0.2) is 0 Å². The van der Waals surface area contributed by atoms with Crippen LogP contribution in [0.1, 0.15) is 88.0 Å². The third kappa shape index (κ3) is 4.32. The second kappa shape index (κ2) is 8.68. The summed E-state index contributed by atoms with van der Waals surface area (Å²) in [6.45, 7) is 10.1. The lowest BCUT2D eigenvalue weighted by Crippen LogP contribution is -2.27. The highest BCUT2D eigenvalue weighted by atomic mass is 16.4. The van der Waals surface area contributed by atoms with Crippen LogP contribution in [0.25, 0.3) is 0 Å². The molecule has 2 unspecified atom stereocenters. The summed E-state index contributed by atoms with van der Waals surface area (Å²) in [5.41, 5.74) is 2.58. The minimum Gasteiger partial charge on any atom is -0.508 e. The van der Waals surface area contributed by atoms with Gasteiger partial charge in [-0.25, -0.2) is 0 Å². The number of aliphatic carboxylic acids is 1. The Balaban J connectivity index is 2.67. The molecule has 152 valence electrons. The molecule has 4 heteroatoms. The Labute approximate surface area is 167 Å². The van der Waals surface area contributed by atoms with E-state index in [2.05, 4.69) is 27.7 Å². The molecular weight excluding hydrogens is 352 g/mol. The molecular formula is C24H32O4. The maximum atomic E-state index is 11.7. The topological polar surface area (TPSA) is 77.8 Å². The van der Waals surface area contributed by atoms with E-state index in [9.17, 15) is 20.1 Å². The second-order valence-corrected chi connectivity index (χ2v) is 8.07. The Kier molecular flexibility index (Phi) is 6.76. The third-order valence-corrected chi connectivity index (χ3v) is 6.12. The predicted molar refractivity (Wildman–Crippen MR) is 112 cm³/mol. The number of benzene rings is 2. The standard InChI is InChI=1S/C24H32O4/c1-6-15(3)19-12-17(8-10-21(19)25)24(5,14-23(27)28)18-9-11-22(26)20(13-18)16(4)7-2/h8-13,15-16,25-26H,6-7,14H2,1-5H3,(H,27,28). The molecule has 0 fully saturated rings. The van der Waals surface area contributed by atoms with Gasteiger partial charge in [0.2, 0.25) is 0 Å². The highest BCUT2D eigenvalue weighted by Crippen LogP contribution is 2.41. The van der Waals surface area contributed by atoms with Crippen LogP contribution in [0.2, 0.25) is 0 Å². The molecule has 0 heterocycles. The normalized spacial score (nSPS) is 15.6. The summed E-state index contributed by atoms with van der Waals surface area (Å²) in [6.07, 6.45) is 1.68. The van der Waals surface area contributed by atoms with Gasteiger partial charge < -0.3 is 15.3 Å². The first-order valence-electron chi connectivity index (χ1n) is 10.0. The first kappa shape index (κ1) is 21.8. The van der Waals surface area contributed by atoms with Gasteiger partial charge in [-0.15, -0.1) is 0 Å². The fourth-order valence-corrected chi connectivity index (χ4v) is 3.70. The third-order valence-electron chi connectivity index (χ3n) is 6.12. The van der Waals surface area contributed by atoms with Gasteiger partial charge in [0.1, 0.15) is 11.5 Å². The van der Waals surface area contributed by atoms with Crippen LogP contribution in [-0.2, 0) is 10.2 Å². The van der Waals surface area contributed by atoms with Crippen LogP contribution in [-0.4, -0.2) is 21.3 Å². The lowest BCUT2D eigenvalue weighted by atomic mass is 9.72. The van der Waals surface area contributed by atoms with Gasteiger partial charge in [0.25, 0.3) is 0 Å². The van der Waals surface area contributed by atoms with E-state index in [1.165, 1.54) is 0 Å².